The van der Waals surface area contributed by atoms with Crippen LogP contribution in [-0.2, 0) is 13.0 Å². The Labute approximate surface area is 252 Å². The summed E-state index contributed by atoms with van der Waals surface area (Å²) in [5.41, 5.74) is 8.42. The average Bonchev–Trinajstić information content (AvgIpc) is 2.98. The van der Waals surface area contributed by atoms with Gasteiger partial charge in [0.1, 0.15) is 11.6 Å². The molecule has 2 aromatic carbocycles. The normalized spacial score (nSPS) is 28.4. The van der Waals surface area contributed by atoms with Gasteiger partial charge >= 0.3 is 0 Å². The van der Waals surface area contributed by atoms with Gasteiger partial charge in [-0.3, -0.25) is 9.36 Å². The van der Waals surface area contributed by atoms with E-state index in [4.69, 9.17) is 15.5 Å². The number of hydrogen-bond acceptors (Lipinski definition) is 6. The first-order valence-corrected chi connectivity index (χ1v) is 15.4. The van der Waals surface area contributed by atoms with Crippen LogP contribution in [0.4, 0.5) is 10.1 Å². The van der Waals surface area contributed by atoms with Crippen molar-refractivity contribution in [1.29, 1.82) is 0 Å². The quantitative estimate of drug-likeness (QED) is 0.292. The van der Waals surface area contributed by atoms with Crippen LogP contribution in [0, 0.1) is 23.1 Å². The zero-order valence-electron chi connectivity index (χ0n) is 25.5. The van der Waals surface area contributed by atoms with Crippen LogP contribution in [0.2, 0.25) is 0 Å². The number of benzene rings is 2. The predicted molar refractivity (Wildman–Crippen MR) is 167 cm³/mol. The van der Waals surface area contributed by atoms with Crippen LogP contribution in [0.5, 0.6) is 5.75 Å². The number of hydrogen-bond donors (Lipinski definition) is 3. The Balaban J connectivity index is 1.23. The van der Waals surface area contributed by atoms with Crippen LogP contribution in [0.25, 0.3) is 10.9 Å². The number of methoxy groups -OCH3 is 1. The number of aliphatic hydroxyl groups excluding tert-OH is 1. The lowest BCUT2D eigenvalue weighted by atomic mass is 9.41. The number of rotatable bonds is 6. The summed E-state index contributed by atoms with van der Waals surface area (Å²) in [6, 6.07) is 10.3. The maximum absolute atomic E-state index is 14.4. The van der Waals surface area contributed by atoms with Crippen molar-refractivity contribution < 1.29 is 14.2 Å². The number of piperidine rings is 1. The first kappa shape index (κ1) is 29.6. The Hall–Kier alpha value is -3.50. The van der Waals surface area contributed by atoms with E-state index in [0.29, 0.717) is 53.6 Å². The third kappa shape index (κ3) is 5.40. The Morgan fingerprint density at radius 2 is 2.07 bits per heavy atom. The van der Waals surface area contributed by atoms with E-state index in [9.17, 15) is 14.3 Å². The Kier molecular flexibility index (Phi) is 7.71. The molecule has 1 aliphatic heterocycles. The summed E-state index contributed by atoms with van der Waals surface area (Å²) in [7, 11) is 1.50. The van der Waals surface area contributed by atoms with Gasteiger partial charge < -0.3 is 25.8 Å². The molecule has 10 heteroatoms. The summed E-state index contributed by atoms with van der Waals surface area (Å²) in [4.78, 5) is 25.2. The zero-order valence-corrected chi connectivity index (χ0v) is 25.5. The van der Waals surface area contributed by atoms with Crippen molar-refractivity contribution in [3.8, 4) is 5.75 Å². The molecule has 3 aromatic rings. The summed E-state index contributed by atoms with van der Waals surface area (Å²) in [5.74, 6) is 1.75. The lowest BCUT2D eigenvalue weighted by molar-refractivity contribution is -0.129. The number of ether oxygens (including phenoxy) is 1. The number of aryl methyl sites for hydroxylation is 2. The molecule has 9 nitrogen and oxygen atoms in total. The summed E-state index contributed by atoms with van der Waals surface area (Å²) in [5, 5.41) is 14.4. The molecule has 0 spiro atoms. The maximum atomic E-state index is 14.4. The molecule has 4 N–H and O–H groups in total. The van der Waals surface area contributed by atoms with E-state index < -0.39 is 6.10 Å². The lowest BCUT2D eigenvalue weighted by Crippen LogP contribution is -2.73. The molecule has 4 aliphatic rings. The second kappa shape index (κ2) is 11.2. The number of halogens is 1. The van der Waals surface area contributed by atoms with Gasteiger partial charge in [0.15, 0.2) is 5.96 Å². The van der Waals surface area contributed by atoms with Crippen LogP contribution in [-0.4, -0.2) is 63.4 Å². The van der Waals surface area contributed by atoms with Crippen molar-refractivity contribution >= 4 is 22.5 Å². The van der Waals surface area contributed by atoms with Gasteiger partial charge in [-0.25, -0.2) is 14.4 Å². The van der Waals surface area contributed by atoms with Crippen molar-refractivity contribution in [2.24, 2.45) is 28.0 Å². The topological polar surface area (TPSA) is 118 Å². The van der Waals surface area contributed by atoms with Gasteiger partial charge in [0.2, 0.25) is 0 Å². The number of fused-ring (bicyclic) bond motifs is 3. The largest absolute Gasteiger partial charge is 0.497 e. The van der Waals surface area contributed by atoms with Crippen molar-refractivity contribution in [1.82, 2.24) is 14.5 Å². The van der Waals surface area contributed by atoms with Gasteiger partial charge in [-0.15, -0.1) is 0 Å². The fraction of sp³-hybridized carbons (Fsp3) is 0.545. The van der Waals surface area contributed by atoms with E-state index in [2.05, 4.69) is 36.0 Å². The van der Waals surface area contributed by atoms with Crippen LogP contribution >= 0.6 is 0 Å². The van der Waals surface area contributed by atoms with Crippen LogP contribution in [0.3, 0.4) is 0 Å². The summed E-state index contributed by atoms with van der Waals surface area (Å²) in [6.07, 6.45) is 5.01. The van der Waals surface area contributed by atoms with E-state index in [1.54, 1.807) is 18.2 Å². The highest BCUT2D eigenvalue weighted by molar-refractivity contribution is 5.96. The molecule has 3 aliphatic carbocycles. The Morgan fingerprint density at radius 1 is 1.26 bits per heavy atom. The molecule has 1 unspecified atom stereocenters. The molecular formula is C33H43FN6O3. The molecule has 230 valence electrons. The molecule has 43 heavy (non-hydrogen) atoms. The molecule has 1 saturated heterocycles. The third-order valence-corrected chi connectivity index (χ3v) is 10.6. The first-order valence-electron chi connectivity index (χ1n) is 15.4. The molecule has 3 saturated carbocycles. The smallest absolute Gasteiger partial charge is 0.261 e. The number of likely N-dealkylation sites (tertiary alicyclic amines) is 1. The summed E-state index contributed by atoms with van der Waals surface area (Å²) < 4.78 is 21.0. The highest BCUT2D eigenvalue weighted by atomic mass is 19.1. The molecule has 2 bridgehead atoms. The van der Waals surface area contributed by atoms with E-state index in [1.165, 1.54) is 24.1 Å². The maximum Gasteiger partial charge on any atom is 0.261 e. The van der Waals surface area contributed by atoms with Gasteiger partial charge in [0, 0.05) is 36.9 Å². The van der Waals surface area contributed by atoms with Crippen molar-refractivity contribution in [2.45, 2.75) is 77.1 Å². The molecule has 7 rings (SSSR count). The average molecular weight is 591 g/mol. The Morgan fingerprint density at radius 3 is 2.79 bits per heavy atom. The van der Waals surface area contributed by atoms with Crippen LogP contribution in [0.1, 0.15) is 52.0 Å². The predicted octanol–water partition coefficient (Wildman–Crippen LogP) is 4.16. The minimum atomic E-state index is -0.402. The molecule has 5 atom stereocenters. The number of nitrogens with two attached hydrogens (primary N) is 1. The van der Waals surface area contributed by atoms with Crippen molar-refractivity contribution in [3.63, 3.8) is 0 Å². The number of nitrogens with one attached hydrogen (secondary N) is 1. The van der Waals surface area contributed by atoms with Gasteiger partial charge in [0.25, 0.3) is 5.56 Å². The summed E-state index contributed by atoms with van der Waals surface area (Å²) >= 11 is 0. The van der Waals surface area contributed by atoms with Gasteiger partial charge in [0.05, 0.1) is 36.5 Å². The number of β-amino-alcohol motifs (C(OH)–C–C–N with tert-alkyl or cyclic N) is 1. The van der Waals surface area contributed by atoms with Gasteiger partial charge in [-0.2, -0.15) is 0 Å². The monoisotopic (exact) mass is 590 g/mol. The van der Waals surface area contributed by atoms with Gasteiger partial charge in [-0.05, 0) is 79.2 Å². The van der Waals surface area contributed by atoms with Crippen molar-refractivity contribution in [2.75, 3.05) is 25.5 Å². The number of aromatic nitrogens is 2. The number of guanidine groups is 1. The second-order valence-electron chi connectivity index (χ2n) is 13.3. The van der Waals surface area contributed by atoms with Crippen LogP contribution in [0.15, 0.2) is 52.5 Å². The molecule has 0 radical (unpaired) electrons. The molecule has 1 aromatic heterocycles. The molecule has 4 fully saturated rings. The number of nitrogens with zero attached hydrogens (tertiary/aromatic N) is 4. The zero-order chi connectivity index (χ0) is 30.5. The standard InChI is InChI=1S/C33H43FN6O3/c1-20-26-16-33(35,32(26,2)3)17-29(20)38-31(39-12-5-6-23(41)18-39)37-22-8-10-25-28(14-22)36-19-40(30(25)42)13-11-21-7-9-24(43-4)15-27(21)34/h7-10,14-15,19-20,23,26,29,41H,5-6,11-13,16-18,35H2,1-4H3,(H,37,38)/t20-,23?,26+,29-,33+/m0/s1. The number of aliphatic imine (C=N–C) groups is 1. The highest BCUT2D eigenvalue weighted by Gasteiger charge is 2.64. The molecular weight excluding hydrogens is 547 g/mol. The fourth-order valence-corrected chi connectivity index (χ4v) is 7.45. The highest BCUT2D eigenvalue weighted by Crippen LogP contribution is 2.63. The third-order valence-electron chi connectivity index (χ3n) is 10.6. The van der Waals surface area contributed by atoms with E-state index in [1.807, 2.05) is 12.1 Å². The number of aliphatic hydroxyl groups is 1. The minimum Gasteiger partial charge on any atom is -0.497 e. The van der Waals surface area contributed by atoms with E-state index in [-0.39, 0.29) is 28.4 Å². The van der Waals surface area contributed by atoms with Gasteiger partial charge in [-0.1, -0.05) is 26.8 Å². The SMILES string of the molecule is COc1ccc(CCn2cnc3cc(NC(=N[C@H]4C[C@]5(N)C[C@H]([C@@H]4C)C5(C)C)N4CCCC(O)C4)ccc3c2=O)c(F)c1. The van der Waals surface area contributed by atoms with Crippen molar-refractivity contribution in [3.05, 3.63) is 64.5 Å². The summed E-state index contributed by atoms with van der Waals surface area (Å²) in [6.45, 7) is 8.48. The first-order chi connectivity index (χ1) is 20.5. The lowest BCUT2D eigenvalue weighted by Gasteiger charge is -2.67. The Bertz CT molecular complexity index is 1610. The van der Waals surface area contributed by atoms with Crippen LogP contribution < -0.4 is 21.3 Å². The van der Waals surface area contributed by atoms with E-state index >= 15 is 0 Å². The number of anilines is 1. The molecule has 2 heterocycles. The fourth-order valence-electron chi connectivity index (χ4n) is 7.45. The van der Waals surface area contributed by atoms with E-state index in [0.717, 1.165) is 43.9 Å². The second-order valence-corrected chi connectivity index (χ2v) is 13.3. The molecule has 0 amide bonds. The minimum absolute atomic E-state index is 0.0830.